The maximum atomic E-state index is 11.7. The lowest BCUT2D eigenvalue weighted by molar-refractivity contribution is -0.153. The van der Waals surface area contributed by atoms with Gasteiger partial charge >= 0.3 is 5.97 Å². The van der Waals surface area contributed by atoms with Gasteiger partial charge in [0, 0.05) is 7.11 Å². The normalized spacial score (nSPS) is 11.8. The van der Waals surface area contributed by atoms with E-state index in [9.17, 15) is 9.90 Å². The molecule has 0 saturated heterocycles. The molecule has 0 aliphatic rings. The molecule has 0 aromatic heterocycles. The zero-order valence-electron chi connectivity index (χ0n) is 12.1. The van der Waals surface area contributed by atoms with Gasteiger partial charge in [-0.15, -0.1) is 0 Å². The van der Waals surface area contributed by atoms with Crippen LogP contribution in [0, 0.1) is 0 Å². The van der Waals surface area contributed by atoms with Gasteiger partial charge in [-0.05, 0) is 24.6 Å². The van der Waals surface area contributed by atoms with Crippen molar-refractivity contribution in [2.24, 2.45) is 0 Å². The fourth-order valence-corrected chi connectivity index (χ4v) is 1.85. The number of carbonyl (C=O) groups excluding carboxylic acids is 1. The van der Waals surface area contributed by atoms with E-state index in [1.165, 1.54) is 14.2 Å². The first-order valence-electron chi connectivity index (χ1n) is 6.17. The van der Waals surface area contributed by atoms with E-state index < -0.39 is 12.1 Å². The van der Waals surface area contributed by atoms with Gasteiger partial charge in [0.15, 0.2) is 6.10 Å². The van der Waals surface area contributed by atoms with E-state index in [4.69, 9.17) is 18.9 Å². The van der Waals surface area contributed by atoms with Gasteiger partial charge in [-0.25, -0.2) is 4.79 Å². The van der Waals surface area contributed by atoms with E-state index in [2.05, 4.69) is 0 Å². The second-order valence-electron chi connectivity index (χ2n) is 4.00. The average Bonchev–Trinajstić information content (AvgIpc) is 2.46. The molecule has 1 rings (SSSR count). The van der Waals surface area contributed by atoms with Crippen LogP contribution in [-0.4, -0.2) is 39.0 Å². The molecular formula is C14H20O6. The molecule has 0 amide bonds. The largest absolute Gasteiger partial charge is 0.496 e. The Labute approximate surface area is 118 Å². The first-order chi connectivity index (χ1) is 9.58. The van der Waals surface area contributed by atoms with Crippen molar-refractivity contribution in [1.29, 1.82) is 0 Å². The minimum atomic E-state index is -1.46. The predicted molar refractivity (Wildman–Crippen MR) is 71.9 cm³/mol. The Balaban J connectivity index is 3.25. The molecule has 1 aromatic rings. The highest BCUT2D eigenvalue weighted by Gasteiger charge is 2.27. The van der Waals surface area contributed by atoms with Gasteiger partial charge in [-0.2, -0.15) is 0 Å². The van der Waals surface area contributed by atoms with Crippen molar-refractivity contribution in [3.8, 4) is 11.5 Å². The van der Waals surface area contributed by atoms with Crippen LogP contribution in [0.3, 0.4) is 0 Å². The third-order valence-corrected chi connectivity index (χ3v) is 2.70. The standard InChI is InChI=1S/C14H20O6/c1-5-20-14(16)13(15)12-10(18-3)6-9(8-17-2)7-11(12)19-4/h6-7,13,15H,5,8H2,1-4H3. The number of methoxy groups -OCH3 is 3. The zero-order chi connectivity index (χ0) is 15.1. The minimum Gasteiger partial charge on any atom is -0.496 e. The van der Waals surface area contributed by atoms with E-state index in [1.54, 1.807) is 26.2 Å². The molecule has 0 bridgehead atoms. The summed E-state index contributed by atoms with van der Waals surface area (Å²) in [5, 5.41) is 10.1. The third-order valence-electron chi connectivity index (χ3n) is 2.70. The lowest BCUT2D eigenvalue weighted by Gasteiger charge is -2.18. The highest BCUT2D eigenvalue weighted by molar-refractivity contribution is 5.78. The fourth-order valence-electron chi connectivity index (χ4n) is 1.85. The Morgan fingerprint density at radius 1 is 1.20 bits per heavy atom. The summed E-state index contributed by atoms with van der Waals surface area (Å²) in [5.41, 5.74) is 1.05. The van der Waals surface area contributed by atoms with E-state index in [0.29, 0.717) is 18.1 Å². The zero-order valence-corrected chi connectivity index (χ0v) is 12.1. The molecule has 6 nitrogen and oxygen atoms in total. The molecule has 1 atom stereocenters. The maximum absolute atomic E-state index is 11.7. The third kappa shape index (κ3) is 3.61. The number of aliphatic hydroxyl groups is 1. The highest BCUT2D eigenvalue weighted by atomic mass is 16.5. The summed E-state index contributed by atoms with van der Waals surface area (Å²) < 4.78 is 20.3. The van der Waals surface area contributed by atoms with Crippen LogP contribution in [0.25, 0.3) is 0 Å². The van der Waals surface area contributed by atoms with Gasteiger partial charge in [-0.1, -0.05) is 0 Å². The lowest BCUT2D eigenvalue weighted by atomic mass is 10.0. The Kier molecular flexibility index (Phi) is 6.27. The van der Waals surface area contributed by atoms with Crippen LogP contribution in [-0.2, 0) is 20.9 Å². The van der Waals surface area contributed by atoms with Gasteiger partial charge in [0.25, 0.3) is 0 Å². The molecule has 0 aliphatic carbocycles. The summed E-state index contributed by atoms with van der Waals surface area (Å²) in [4.78, 5) is 11.7. The topological polar surface area (TPSA) is 74.2 Å². The van der Waals surface area contributed by atoms with Crippen molar-refractivity contribution in [1.82, 2.24) is 0 Å². The number of ether oxygens (including phenoxy) is 4. The van der Waals surface area contributed by atoms with Gasteiger partial charge in [0.05, 0.1) is 33.0 Å². The van der Waals surface area contributed by atoms with Gasteiger partial charge in [0.1, 0.15) is 11.5 Å². The molecule has 1 unspecified atom stereocenters. The molecular weight excluding hydrogens is 264 g/mol. The number of carbonyl (C=O) groups is 1. The van der Waals surface area contributed by atoms with Crippen LogP contribution in [0.5, 0.6) is 11.5 Å². The lowest BCUT2D eigenvalue weighted by Crippen LogP contribution is -2.17. The molecule has 0 fully saturated rings. The van der Waals surface area contributed by atoms with Crippen LogP contribution in [0.2, 0.25) is 0 Å². The number of esters is 1. The Morgan fingerprint density at radius 2 is 1.75 bits per heavy atom. The second-order valence-corrected chi connectivity index (χ2v) is 4.00. The molecule has 112 valence electrons. The summed E-state index contributed by atoms with van der Waals surface area (Å²) in [6.07, 6.45) is -1.46. The molecule has 0 radical (unpaired) electrons. The fraction of sp³-hybridized carbons (Fsp3) is 0.500. The highest BCUT2D eigenvalue weighted by Crippen LogP contribution is 2.36. The summed E-state index contributed by atoms with van der Waals surface area (Å²) >= 11 is 0. The van der Waals surface area contributed by atoms with E-state index in [-0.39, 0.29) is 12.2 Å². The van der Waals surface area contributed by atoms with Gasteiger partial charge in [0.2, 0.25) is 0 Å². The van der Waals surface area contributed by atoms with Crippen molar-refractivity contribution in [2.45, 2.75) is 19.6 Å². The Bertz CT molecular complexity index is 432. The Hall–Kier alpha value is -1.79. The molecule has 0 saturated carbocycles. The van der Waals surface area contributed by atoms with E-state index in [0.717, 1.165) is 5.56 Å². The summed E-state index contributed by atoms with van der Waals surface area (Å²) in [6, 6.07) is 3.37. The van der Waals surface area contributed by atoms with Crippen molar-refractivity contribution < 1.29 is 28.8 Å². The molecule has 20 heavy (non-hydrogen) atoms. The van der Waals surface area contributed by atoms with Crippen LogP contribution >= 0.6 is 0 Å². The summed E-state index contributed by atoms with van der Waals surface area (Å²) in [7, 11) is 4.47. The van der Waals surface area contributed by atoms with E-state index in [1.807, 2.05) is 0 Å². The smallest absolute Gasteiger partial charge is 0.339 e. The number of aliphatic hydroxyl groups excluding tert-OH is 1. The van der Waals surface area contributed by atoms with E-state index >= 15 is 0 Å². The van der Waals surface area contributed by atoms with Gasteiger partial charge < -0.3 is 24.1 Å². The monoisotopic (exact) mass is 284 g/mol. The summed E-state index contributed by atoms with van der Waals surface area (Å²) in [6.45, 7) is 2.21. The average molecular weight is 284 g/mol. The minimum absolute atomic E-state index is 0.183. The second kappa shape index (κ2) is 7.72. The van der Waals surface area contributed by atoms with Crippen molar-refractivity contribution in [3.05, 3.63) is 23.3 Å². The maximum Gasteiger partial charge on any atom is 0.339 e. The molecule has 0 aliphatic heterocycles. The SMILES string of the molecule is CCOC(=O)C(O)c1c(OC)cc(COC)cc1OC. The number of hydrogen-bond acceptors (Lipinski definition) is 6. The summed E-state index contributed by atoms with van der Waals surface area (Å²) in [5.74, 6) is -0.0579. The predicted octanol–water partition coefficient (Wildman–Crippen LogP) is 1.45. The van der Waals surface area contributed by atoms with Crippen LogP contribution in [0.1, 0.15) is 24.2 Å². The molecule has 1 aromatic carbocycles. The number of rotatable bonds is 7. The molecule has 1 N–H and O–H groups in total. The molecule has 6 heteroatoms. The molecule has 0 spiro atoms. The van der Waals surface area contributed by atoms with Gasteiger partial charge in [-0.3, -0.25) is 0 Å². The number of benzene rings is 1. The quantitative estimate of drug-likeness (QED) is 0.764. The van der Waals surface area contributed by atoms with Crippen LogP contribution < -0.4 is 9.47 Å². The molecule has 0 heterocycles. The van der Waals surface area contributed by atoms with Crippen molar-refractivity contribution in [2.75, 3.05) is 27.9 Å². The van der Waals surface area contributed by atoms with Crippen molar-refractivity contribution >= 4 is 5.97 Å². The Morgan fingerprint density at radius 3 is 2.15 bits per heavy atom. The first kappa shape index (κ1) is 16.3. The van der Waals surface area contributed by atoms with Crippen LogP contribution in [0.4, 0.5) is 0 Å². The first-order valence-corrected chi connectivity index (χ1v) is 6.17. The van der Waals surface area contributed by atoms with Crippen molar-refractivity contribution in [3.63, 3.8) is 0 Å². The number of hydrogen-bond donors (Lipinski definition) is 1. The van der Waals surface area contributed by atoms with Crippen LogP contribution in [0.15, 0.2) is 12.1 Å².